The first-order valence-electron chi connectivity index (χ1n) is 6.33. The maximum Gasteiger partial charge on any atom is 0.229 e. The van der Waals surface area contributed by atoms with Gasteiger partial charge in [0.15, 0.2) is 0 Å². The molecule has 2 aromatic rings. The standard InChI is InChI=1S/C14H19N5S/c1-9-5-6-11(7-10(9)2)20-8-12-16-13(15)18-14(17-12)19(3)4/h5-7H,8H2,1-4H3,(H2,15,16,17,18). The van der Waals surface area contributed by atoms with E-state index < -0.39 is 0 Å². The van der Waals surface area contributed by atoms with E-state index in [1.165, 1.54) is 16.0 Å². The van der Waals surface area contributed by atoms with Crippen LogP contribution in [0, 0.1) is 13.8 Å². The van der Waals surface area contributed by atoms with Crippen LogP contribution in [0.2, 0.25) is 0 Å². The minimum Gasteiger partial charge on any atom is -0.368 e. The number of aryl methyl sites for hydroxylation is 2. The van der Waals surface area contributed by atoms with Crippen LogP contribution in [-0.4, -0.2) is 29.0 Å². The van der Waals surface area contributed by atoms with Crippen molar-refractivity contribution in [3.05, 3.63) is 35.2 Å². The van der Waals surface area contributed by atoms with Crippen molar-refractivity contribution >= 4 is 23.7 Å². The van der Waals surface area contributed by atoms with Crippen molar-refractivity contribution in [2.45, 2.75) is 24.5 Å². The van der Waals surface area contributed by atoms with E-state index in [-0.39, 0.29) is 5.95 Å². The van der Waals surface area contributed by atoms with Crippen LogP contribution in [-0.2, 0) is 5.75 Å². The Bertz CT molecular complexity index is 613. The lowest BCUT2D eigenvalue weighted by Gasteiger charge is -2.11. The fraction of sp³-hybridized carbons (Fsp3) is 0.357. The summed E-state index contributed by atoms with van der Waals surface area (Å²) in [7, 11) is 3.77. The van der Waals surface area contributed by atoms with Gasteiger partial charge in [0, 0.05) is 19.0 Å². The van der Waals surface area contributed by atoms with Gasteiger partial charge in [-0.15, -0.1) is 11.8 Å². The van der Waals surface area contributed by atoms with Crippen molar-refractivity contribution in [1.82, 2.24) is 15.0 Å². The van der Waals surface area contributed by atoms with Crippen LogP contribution in [0.1, 0.15) is 17.0 Å². The van der Waals surface area contributed by atoms with E-state index in [0.717, 1.165) is 0 Å². The van der Waals surface area contributed by atoms with Gasteiger partial charge in [0.25, 0.3) is 0 Å². The molecule has 0 radical (unpaired) electrons. The molecule has 0 saturated carbocycles. The van der Waals surface area contributed by atoms with Gasteiger partial charge in [-0.05, 0) is 37.1 Å². The molecule has 0 atom stereocenters. The average molecular weight is 289 g/mol. The lowest BCUT2D eigenvalue weighted by atomic mass is 10.1. The van der Waals surface area contributed by atoms with Gasteiger partial charge in [-0.3, -0.25) is 0 Å². The molecule has 106 valence electrons. The molecule has 6 heteroatoms. The zero-order valence-electron chi connectivity index (χ0n) is 12.2. The summed E-state index contributed by atoms with van der Waals surface area (Å²) in [4.78, 5) is 15.7. The van der Waals surface area contributed by atoms with E-state index in [4.69, 9.17) is 5.73 Å². The Hall–Kier alpha value is -1.82. The first kappa shape index (κ1) is 14.6. The zero-order chi connectivity index (χ0) is 14.7. The molecule has 2 N–H and O–H groups in total. The van der Waals surface area contributed by atoms with Gasteiger partial charge < -0.3 is 10.6 Å². The summed E-state index contributed by atoms with van der Waals surface area (Å²) in [5.74, 6) is 2.23. The Labute approximate surface area is 123 Å². The average Bonchev–Trinajstić information content (AvgIpc) is 2.39. The Morgan fingerprint density at radius 3 is 2.50 bits per heavy atom. The first-order valence-corrected chi connectivity index (χ1v) is 7.32. The van der Waals surface area contributed by atoms with E-state index in [2.05, 4.69) is 47.0 Å². The monoisotopic (exact) mass is 289 g/mol. The highest BCUT2D eigenvalue weighted by atomic mass is 32.2. The van der Waals surface area contributed by atoms with Gasteiger partial charge in [-0.25, -0.2) is 0 Å². The highest BCUT2D eigenvalue weighted by Gasteiger charge is 2.07. The van der Waals surface area contributed by atoms with Crippen LogP contribution in [0.15, 0.2) is 23.1 Å². The number of nitrogen functional groups attached to an aromatic ring is 1. The Morgan fingerprint density at radius 2 is 1.85 bits per heavy atom. The van der Waals surface area contributed by atoms with Crippen LogP contribution >= 0.6 is 11.8 Å². The van der Waals surface area contributed by atoms with E-state index >= 15 is 0 Å². The lowest BCUT2D eigenvalue weighted by molar-refractivity contribution is 0.919. The van der Waals surface area contributed by atoms with Crippen LogP contribution < -0.4 is 10.6 Å². The number of thioether (sulfide) groups is 1. The maximum absolute atomic E-state index is 5.71. The molecule has 1 heterocycles. The van der Waals surface area contributed by atoms with E-state index in [0.29, 0.717) is 17.5 Å². The zero-order valence-corrected chi connectivity index (χ0v) is 13.0. The number of hydrogen-bond acceptors (Lipinski definition) is 6. The van der Waals surface area contributed by atoms with Crippen molar-refractivity contribution in [1.29, 1.82) is 0 Å². The molecule has 0 aliphatic carbocycles. The van der Waals surface area contributed by atoms with Crippen molar-refractivity contribution < 1.29 is 0 Å². The molecular weight excluding hydrogens is 270 g/mol. The Morgan fingerprint density at radius 1 is 1.10 bits per heavy atom. The summed E-state index contributed by atoms with van der Waals surface area (Å²) in [6.45, 7) is 4.23. The third kappa shape index (κ3) is 3.60. The normalized spacial score (nSPS) is 10.6. The minimum atomic E-state index is 0.263. The molecule has 20 heavy (non-hydrogen) atoms. The molecule has 1 aromatic heterocycles. The predicted octanol–water partition coefficient (Wildman–Crippen LogP) is 2.43. The first-order chi connectivity index (χ1) is 9.45. The number of nitrogens with two attached hydrogens (primary N) is 1. The molecular formula is C14H19N5S. The minimum absolute atomic E-state index is 0.263. The van der Waals surface area contributed by atoms with Crippen LogP contribution in [0.4, 0.5) is 11.9 Å². The molecule has 0 saturated heterocycles. The number of anilines is 2. The second-order valence-corrected chi connectivity index (χ2v) is 5.89. The highest BCUT2D eigenvalue weighted by Crippen LogP contribution is 2.24. The van der Waals surface area contributed by atoms with E-state index in [1.807, 2.05) is 19.0 Å². The fourth-order valence-corrected chi connectivity index (χ4v) is 2.49. The summed E-state index contributed by atoms with van der Waals surface area (Å²) in [5.41, 5.74) is 8.30. The second-order valence-electron chi connectivity index (χ2n) is 4.84. The molecule has 0 aliphatic rings. The summed E-state index contributed by atoms with van der Waals surface area (Å²) in [6, 6.07) is 6.42. The van der Waals surface area contributed by atoms with Gasteiger partial charge in [0.2, 0.25) is 11.9 Å². The van der Waals surface area contributed by atoms with Crippen LogP contribution in [0.25, 0.3) is 0 Å². The van der Waals surface area contributed by atoms with Gasteiger partial charge >= 0.3 is 0 Å². The number of aromatic nitrogens is 3. The molecule has 0 amide bonds. The molecule has 0 spiro atoms. The van der Waals surface area contributed by atoms with Gasteiger partial charge in [0.1, 0.15) is 5.82 Å². The predicted molar refractivity (Wildman–Crippen MR) is 84.0 cm³/mol. The largest absolute Gasteiger partial charge is 0.368 e. The van der Waals surface area contributed by atoms with Crippen molar-refractivity contribution in [3.8, 4) is 0 Å². The number of rotatable bonds is 4. The molecule has 0 fully saturated rings. The third-order valence-corrected chi connectivity index (χ3v) is 3.92. The topological polar surface area (TPSA) is 67.9 Å². The Balaban J connectivity index is 2.12. The molecule has 1 aromatic carbocycles. The molecule has 2 rings (SSSR count). The summed E-state index contributed by atoms with van der Waals surface area (Å²) in [5, 5.41) is 0. The smallest absolute Gasteiger partial charge is 0.229 e. The maximum atomic E-state index is 5.71. The van der Waals surface area contributed by atoms with Crippen molar-refractivity contribution in [3.63, 3.8) is 0 Å². The lowest BCUT2D eigenvalue weighted by Crippen LogP contribution is -2.15. The number of benzene rings is 1. The SMILES string of the molecule is Cc1ccc(SCc2nc(N)nc(N(C)C)n2)cc1C. The van der Waals surface area contributed by atoms with Crippen molar-refractivity contribution in [2.24, 2.45) is 0 Å². The molecule has 0 aliphatic heterocycles. The third-order valence-electron chi connectivity index (χ3n) is 2.93. The molecule has 5 nitrogen and oxygen atoms in total. The van der Waals surface area contributed by atoms with E-state index in [1.54, 1.807) is 11.8 Å². The van der Waals surface area contributed by atoms with Crippen molar-refractivity contribution in [2.75, 3.05) is 24.7 Å². The Kier molecular flexibility index (Phi) is 4.44. The van der Waals surface area contributed by atoms with Gasteiger partial charge in [-0.2, -0.15) is 15.0 Å². The number of hydrogen-bond donors (Lipinski definition) is 1. The summed E-state index contributed by atoms with van der Waals surface area (Å²) >= 11 is 1.70. The summed E-state index contributed by atoms with van der Waals surface area (Å²) < 4.78 is 0. The number of nitrogens with zero attached hydrogens (tertiary/aromatic N) is 4. The van der Waals surface area contributed by atoms with Crippen LogP contribution in [0.3, 0.4) is 0 Å². The summed E-state index contributed by atoms with van der Waals surface area (Å²) in [6.07, 6.45) is 0. The molecule has 0 unspecified atom stereocenters. The molecule has 0 bridgehead atoms. The quantitative estimate of drug-likeness (QED) is 0.872. The second kappa shape index (κ2) is 6.09. The van der Waals surface area contributed by atoms with Crippen LogP contribution in [0.5, 0.6) is 0 Å². The fourth-order valence-electron chi connectivity index (χ4n) is 1.64. The van der Waals surface area contributed by atoms with E-state index in [9.17, 15) is 0 Å². The highest BCUT2D eigenvalue weighted by molar-refractivity contribution is 7.98. The van der Waals surface area contributed by atoms with Gasteiger partial charge in [-0.1, -0.05) is 6.07 Å². The van der Waals surface area contributed by atoms with Gasteiger partial charge in [0.05, 0.1) is 5.75 Å².